The molecule has 0 aliphatic carbocycles. The Kier molecular flexibility index (Phi) is 12.0. The van der Waals surface area contributed by atoms with E-state index in [2.05, 4.69) is 10.6 Å². The molecule has 0 aromatic heterocycles. The van der Waals surface area contributed by atoms with Crippen LogP contribution in [-0.4, -0.2) is 42.3 Å². The molecule has 0 spiro atoms. The predicted octanol–water partition coefficient (Wildman–Crippen LogP) is 7.10. The summed E-state index contributed by atoms with van der Waals surface area (Å²) >= 11 is 1.43. The minimum absolute atomic E-state index is 0.0334. The van der Waals surface area contributed by atoms with Crippen molar-refractivity contribution in [1.82, 2.24) is 10.6 Å². The number of ether oxygens (including phenoxy) is 1. The monoisotopic (exact) mass is 785 g/mol. The molecular weight excluding hydrogens is 746 g/mol. The fourth-order valence-electron chi connectivity index (χ4n) is 6.62. The van der Waals surface area contributed by atoms with Gasteiger partial charge in [-0.3, -0.25) is 18.9 Å². The van der Waals surface area contributed by atoms with Crippen molar-refractivity contribution >= 4 is 58.8 Å². The second-order valence-electron chi connectivity index (χ2n) is 13.3. The lowest BCUT2D eigenvalue weighted by Crippen LogP contribution is -2.52. The van der Waals surface area contributed by atoms with E-state index in [-0.39, 0.29) is 37.3 Å². The van der Waals surface area contributed by atoms with Crippen molar-refractivity contribution in [3.63, 3.8) is 0 Å². The van der Waals surface area contributed by atoms with Crippen molar-refractivity contribution in [3.05, 3.63) is 168 Å². The molecule has 1 aliphatic rings. The van der Waals surface area contributed by atoms with Crippen molar-refractivity contribution in [1.29, 1.82) is 0 Å². The Morgan fingerprint density at radius 1 is 0.786 bits per heavy atom. The van der Waals surface area contributed by atoms with Gasteiger partial charge >= 0.3 is 7.60 Å². The van der Waals surface area contributed by atoms with Gasteiger partial charge in [0.2, 0.25) is 11.8 Å². The maximum Gasteiger partial charge on any atom is 0.359 e. The van der Waals surface area contributed by atoms with Crippen molar-refractivity contribution < 1.29 is 33.1 Å². The minimum Gasteiger partial charge on any atom is -0.497 e. The lowest BCUT2D eigenvalue weighted by molar-refractivity contribution is -0.128. The van der Waals surface area contributed by atoms with Crippen molar-refractivity contribution in [2.24, 2.45) is 0 Å². The molecule has 0 saturated heterocycles. The third-order valence-electron chi connectivity index (χ3n) is 9.54. The summed E-state index contributed by atoms with van der Waals surface area (Å²) in [6, 6.07) is 42.8. The number of para-hydroxylation sites is 1. The third kappa shape index (κ3) is 9.04. The number of hydrogen-bond acceptors (Lipinski definition) is 7. The van der Waals surface area contributed by atoms with Gasteiger partial charge in [0.15, 0.2) is 0 Å². The average Bonchev–Trinajstić information content (AvgIpc) is 3.33. The number of thioether (sulfide) groups is 1. The van der Waals surface area contributed by atoms with E-state index < -0.39 is 30.7 Å². The maximum atomic E-state index is 14.7. The molecule has 0 saturated carbocycles. The van der Waals surface area contributed by atoms with Crippen LogP contribution in [0.1, 0.15) is 27.5 Å². The molecule has 0 radical (unpaired) electrons. The molecule has 1 aliphatic heterocycles. The van der Waals surface area contributed by atoms with Gasteiger partial charge in [-0.25, -0.2) is 0 Å². The van der Waals surface area contributed by atoms with Gasteiger partial charge in [0, 0.05) is 11.4 Å². The first-order chi connectivity index (χ1) is 27.2. The molecule has 56 heavy (non-hydrogen) atoms. The molecule has 7 rings (SSSR count). The number of benzene rings is 6. The molecule has 1 unspecified atom stereocenters. The van der Waals surface area contributed by atoms with Crippen LogP contribution in [0.2, 0.25) is 0 Å². The number of nitrogens with one attached hydrogen (secondary N) is 2. The van der Waals surface area contributed by atoms with E-state index in [1.165, 1.54) is 28.8 Å². The molecule has 3 N–H and O–H groups in total. The first-order valence-corrected chi connectivity index (χ1v) is 20.5. The van der Waals surface area contributed by atoms with Crippen molar-refractivity contribution in [2.75, 3.05) is 18.6 Å². The third-order valence-corrected chi connectivity index (χ3v) is 12.4. The van der Waals surface area contributed by atoms with Crippen LogP contribution < -0.4 is 25.6 Å². The number of fused-ring (bicyclic) bond motifs is 2. The van der Waals surface area contributed by atoms with Gasteiger partial charge in [0.05, 0.1) is 36.4 Å². The topological polar surface area (TPSA) is 134 Å². The summed E-state index contributed by atoms with van der Waals surface area (Å²) in [7, 11) is -2.56. The summed E-state index contributed by atoms with van der Waals surface area (Å²) in [5.74, 6) is -0.586. The van der Waals surface area contributed by atoms with Gasteiger partial charge in [-0.15, -0.1) is 11.8 Å². The summed E-state index contributed by atoms with van der Waals surface area (Å²) < 4.78 is 23.8. The van der Waals surface area contributed by atoms with E-state index >= 15 is 0 Å². The Bertz CT molecular complexity index is 2390. The molecule has 284 valence electrons. The average molecular weight is 786 g/mol. The van der Waals surface area contributed by atoms with Crippen LogP contribution in [0.4, 0.5) is 5.69 Å². The van der Waals surface area contributed by atoms with Crippen molar-refractivity contribution in [2.45, 2.75) is 35.8 Å². The molecule has 12 heteroatoms. The highest BCUT2D eigenvalue weighted by molar-refractivity contribution is 7.99. The molecule has 3 atom stereocenters. The number of methoxy groups -OCH3 is 1. The summed E-state index contributed by atoms with van der Waals surface area (Å²) in [5, 5.41) is 7.62. The van der Waals surface area contributed by atoms with E-state index in [9.17, 15) is 23.8 Å². The Morgan fingerprint density at radius 2 is 1.48 bits per heavy atom. The van der Waals surface area contributed by atoms with Gasteiger partial charge < -0.3 is 29.7 Å². The first-order valence-electron chi connectivity index (χ1n) is 18.0. The number of carbonyl (C=O) groups excluding carboxylic acids is 3. The van der Waals surface area contributed by atoms with E-state index in [4.69, 9.17) is 9.26 Å². The number of nitrogens with zero attached hydrogens (tertiary/aromatic N) is 1. The van der Waals surface area contributed by atoms with Gasteiger partial charge in [-0.05, 0) is 69.4 Å². The number of amides is 3. The summed E-state index contributed by atoms with van der Waals surface area (Å²) in [5.41, 5.74) is 3.63. The van der Waals surface area contributed by atoms with Gasteiger partial charge in [0.25, 0.3) is 5.91 Å². The SMILES string of the molecule is COc1ccc([C@H]2Sc3ccccc3N(CC(=O)NCc3cccc4ccccc34)C(=O)[C@@H]2NC(=O)Cc2ccc(P(=O)(O)OCc3ccccc3)cc2)cc1. The summed E-state index contributed by atoms with van der Waals surface area (Å²) in [6.45, 7) is -0.0247. The molecule has 10 nitrogen and oxygen atoms in total. The highest BCUT2D eigenvalue weighted by Crippen LogP contribution is 2.46. The second kappa shape index (κ2) is 17.4. The molecule has 0 fully saturated rings. The quantitative estimate of drug-likeness (QED) is 0.106. The molecule has 0 bridgehead atoms. The smallest absolute Gasteiger partial charge is 0.359 e. The molecule has 6 aromatic rings. The Morgan fingerprint density at radius 3 is 2.25 bits per heavy atom. The summed E-state index contributed by atoms with van der Waals surface area (Å²) in [4.78, 5) is 55.0. The lowest BCUT2D eigenvalue weighted by atomic mass is 10.0. The first kappa shape index (κ1) is 38.6. The number of anilines is 1. The Balaban J connectivity index is 1.11. The number of rotatable bonds is 13. The number of hydrogen-bond donors (Lipinski definition) is 3. The Hall–Kier alpha value is -5.71. The lowest BCUT2D eigenvalue weighted by Gasteiger charge is -2.28. The minimum atomic E-state index is -4.13. The van der Waals surface area contributed by atoms with Gasteiger partial charge in [0.1, 0.15) is 18.3 Å². The van der Waals surface area contributed by atoms with Gasteiger partial charge in [-0.1, -0.05) is 109 Å². The highest BCUT2D eigenvalue weighted by atomic mass is 32.2. The zero-order valence-electron chi connectivity index (χ0n) is 30.5. The molecular formula is C44H40N3O7PS. The Labute approximate surface area is 329 Å². The summed E-state index contributed by atoms with van der Waals surface area (Å²) in [6.07, 6.45) is -0.108. The van der Waals surface area contributed by atoms with Crippen LogP contribution in [-0.2, 0) is 43.0 Å². The van der Waals surface area contributed by atoms with E-state index in [1.807, 2.05) is 91.0 Å². The molecule has 3 amide bonds. The standard InChI is InChI=1S/C44H40N3O7PS/c1-53-35-22-20-33(21-23-35)43-42(46-40(48)26-30-18-24-36(25-19-30)55(51,52)54-29-31-10-3-2-4-11-31)44(50)47(38-16-7-8-17-39(38)56-43)28-41(49)45-27-34-14-9-13-32-12-5-6-15-37(32)34/h2-25,42-43H,26-29H2,1H3,(H,45,49)(H,46,48)(H,51,52)/t42-,43-/m1/s1. The van der Waals surface area contributed by atoms with Crippen LogP contribution in [0.3, 0.4) is 0 Å². The fourth-order valence-corrected chi connectivity index (χ4v) is 8.96. The zero-order valence-corrected chi connectivity index (χ0v) is 32.2. The highest BCUT2D eigenvalue weighted by Gasteiger charge is 2.40. The van der Waals surface area contributed by atoms with E-state index in [0.29, 0.717) is 17.0 Å². The van der Waals surface area contributed by atoms with Crippen LogP contribution >= 0.6 is 19.4 Å². The normalized spacial score (nSPS) is 16.3. The largest absolute Gasteiger partial charge is 0.497 e. The predicted molar refractivity (Wildman–Crippen MR) is 219 cm³/mol. The van der Waals surface area contributed by atoms with Crippen molar-refractivity contribution in [3.8, 4) is 5.75 Å². The molecule has 1 heterocycles. The van der Waals surface area contributed by atoms with E-state index in [0.717, 1.165) is 32.4 Å². The zero-order chi connectivity index (χ0) is 39.1. The van der Waals surface area contributed by atoms with Crippen LogP contribution in [0.25, 0.3) is 10.8 Å². The fraction of sp³-hybridized carbons (Fsp3) is 0.159. The second-order valence-corrected chi connectivity index (χ2v) is 16.3. The van der Waals surface area contributed by atoms with E-state index in [1.54, 1.807) is 49.6 Å². The maximum absolute atomic E-state index is 14.7. The number of carbonyl (C=O) groups is 3. The van der Waals surface area contributed by atoms with Crippen LogP contribution in [0.15, 0.2) is 150 Å². The van der Waals surface area contributed by atoms with Gasteiger partial charge in [-0.2, -0.15) is 0 Å². The molecule has 6 aromatic carbocycles. The van der Waals surface area contributed by atoms with Crippen LogP contribution in [0, 0.1) is 0 Å². The van der Waals surface area contributed by atoms with Crippen LogP contribution in [0.5, 0.6) is 5.75 Å².